The Morgan fingerprint density at radius 1 is 1.29 bits per heavy atom. The molecule has 1 unspecified atom stereocenters. The van der Waals surface area contributed by atoms with Gasteiger partial charge in [-0.15, -0.1) is 0 Å². The molecule has 1 atom stereocenters. The second-order valence-corrected chi connectivity index (χ2v) is 7.30. The number of rotatable bonds is 8. The van der Waals surface area contributed by atoms with E-state index in [9.17, 15) is 4.79 Å². The van der Waals surface area contributed by atoms with Crippen molar-refractivity contribution in [2.24, 2.45) is 13.0 Å². The molecule has 0 spiro atoms. The normalized spacial score (nSPS) is 12.0. The van der Waals surface area contributed by atoms with Crippen LogP contribution >= 0.6 is 23.2 Å². The first kappa shape index (κ1) is 22.1. The van der Waals surface area contributed by atoms with Gasteiger partial charge in [0, 0.05) is 19.0 Å². The van der Waals surface area contributed by atoms with Crippen molar-refractivity contribution < 1.29 is 19.0 Å². The second kappa shape index (κ2) is 9.34. The molecule has 0 saturated heterocycles. The standard InChI is InChI=1S/C20H24Cl2N2O4/c1-7-13-12(5)23-24(6)19(13)28-17-10-16(14(21)9-15(17)22)27-18(11(3)4)20(25)26-8-2/h7,9-11,18H,1,8H2,2-6H3. The predicted molar refractivity (Wildman–Crippen MR) is 110 cm³/mol. The van der Waals surface area contributed by atoms with Crippen molar-refractivity contribution in [1.82, 2.24) is 9.78 Å². The summed E-state index contributed by atoms with van der Waals surface area (Å²) < 4.78 is 18.5. The van der Waals surface area contributed by atoms with Gasteiger partial charge in [0.05, 0.1) is 27.9 Å². The van der Waals surface area contributed by atoms with Crippen molar-refractivity contribution in [3.8, 4) is 17.4 Å². The maximum absolute atomic E-state index is 12.2. The van der Waals surface area contributed by atoms with Crippen molar-refractivity contribution >= 4 is 35.2 Å². The molecule has 0 fully saturated rings. The van der Waals surface area contributed by atoms with Gasteiger partial charge in [-0.3, -0.25) is 0 Å². The van der Waals surface area contributed by atoms with Gasteiger partial charge in [0.1, 0.15) is 5.75 Å². The molecular weight excluding hydrogens is 403 g/mol. The first-order valence-electron chi connectivity index (χ1n) is 8.85. The number of benzene rings is 1. The molecule has 2 rings (SSSR count). The predicted octanol–water partition coefficient (Wildman–Crippen LogP) is 5.44. The topological polar surface area (TPSA) is 62.6 Å². The molecule has 0 bridgehead atoms. The van der Waals surface area contributed by atoms with Crippen LogP contribution in [-0.2, 0) is 16.6 Å². The highest BCUT2D eigenvalue weighted by Gasteiger charge is 2.27. The van der Waals surface area contributed by atoms with Crippen molar-refractivity contribution in [1.29, 1.82) is 0 Å². The summed E-state index contributed by atoms with van der Waals surface area (Å²) >= 11 is 12.6. The highest BCUT2D eigenvalue weighted by atomic mass is 35.5. The molecule has 0 saturated carbocycles. The van der Waals surface area contributed by atoms with E-state index in [1.807, 2.05) is 20.8 Å². The molecule has 0 aliphatic carbocycles. The zero-order valence-corrected chi connectivity index (χ0v) is 18.1. The van der Waals surface area contributed by atoms with E-state index < -0.39 is 12.1 Å². The molecule has 1 heterocycles. The number of carbonyl (C=O) groups is 1. The van der Waals surface area contributed by atoms with Crippen LogP contribution in [0.1, 0.15) is 32.0 Å². The third-order valence-electron chi connectivity index (χ3n) is 3.99. The number of hydrogen-bond donors (Lipinski definition) is 0. The maximum atomic E-state index is 12.2. The van der Waals surface area contributed by atoms with Crippen LogP contribution in [0.15, 0.2) is 18.7 Å². The number of aromatic nitrogens is 2. The van der Waals surface area contributed by atoms with Crippen LogP contribution in [0.2, 0.25) is 10.0 Å². The molecule has 1 aromatic carbocycles. The van der Waals surface area contributed by atoms with Gasteiger partial charge >= 0.3 is 5.97 Å². The molecule has 2 aromatic rings. The van der Waals surface area contributed by atoms with Gasteiger partial charge in [0.25, 0.3) is 0 Å². The number of nitrogens with zero attached hydrogens (tertiary/aromatic N) is 2. The average molecular weight is 427 g/mol. The molecule has 0 radical (unpaired) electrons. The third-order valence-corrected chi connectivity index (χ3v) is 4.58. The number of hydrogen-bond acceptors (Lipinski definition) is 5. The van der Waals surface area contributed by atoms with E-state index in [1.165, 1.54) is 6.07 Å². The Bertz CT molecular complexity index is 878. The van der Waals surface area contributed by atoms with Crippen molar-refractivity contribution in [2.75, 3.05) is 6.61 Å². The van der Waals surface area contributed by atoms with Gasteiger partial charge in [-0.25, -0.2) is 9.48 Å². The van der Waals surface area contributed by atoms with Crippen molar-refractivity contribution in [3.63, 3.8) is 0 Å². The number of aryl methyl sites for hydroxylation is 2. The largest absolute Gasteiger partial charge is 0.477 e. The number of esters is 1. The highest BCUT2D eigenvalue weighted by Crippen LogP contribution is 2.40. The fraction of sp³-hybridized carbons (Fsp3) is 0.400. The number of carbonyl (C=O) groups excluding carboxylic acids is 1. The number of halogens is 2. The zero-order chi connectivity index (χ0) is 21.0. The van der Waals surface area contributed by atoms with Crippen LogP contribution in [0, 0.1) is 12.8 Å². The summed E-state index contributed by atoms with van der Waals surface area (Å²) in [4.78, 5) is 12.2. The Kier molecular flexibility index (Phi) is 7.38. The summed E-state index contributed by atoms with van der Waals surface area (Å²) in [6.45, 7) is 11.4. The SMILES string of the molecule is C=Cc1c(C)nn(C)c1Oc1cc(OC(C(=O)OCC)C(C)C)c(Cl)cc1Cl. The van der Waals surface area contributed by atoms with E-state index in [0.717, 1.165) is 11.3 Å². The van der Waals surface area contributed by atoms with Crippen LogP contribution in [0.4, 0.5) is 0 Å². The molecule has 6 nitrogen and oxygen atoms in total. The summed E-state index contributed by atoms with van der Waals surface area (Å²) in [5.41, 5.74) is 1.53. The Morgan fingerprint density at radius 2 is 1.93 bits per heavy atom. The second-order valence-electron chi connectivity index (χ2n) is 6.48. The molecule has 152 valence electrons. The highest BCUT2D eigenvalue weighted by molar-refractivity contribution is 6.36. The lowest BCUT2D eigenvalue weighted by Gasteiger charge is -2.22. The molecule has 1 aromatic heterocycles. The Hall–Kier alpha value is -2.18. The molecule has 0 N–H and O–H groups in total. The zero-order valence-electron chi connectivity index (χ0n) is 16.6. The summed E-state index contributed by atoms with van der Waals surface area (Å²) in [6, 6.07) is 3.06. The summed E-state index contributed by atoms with van der Waals surface area (Å²) in [7, 11) is 1.76. The molecule has 8 heteroatoms. The fourth-order valence-electron chi connectivity index (χ4n) is 2.61. The van der Waals surface area contributed by atoms with E-state index in [2.05, 4.69) is 11.7 Å². The van der Waals surface area contributed by atoms with Gasteiger partial charge in [0.2, 0.25) is 5.88 Å². The number of ether oxygens (including phenoxy) is 3. The van der Waals surface area contributed by atoms with Crippen LogP contribution < -0.4 is 9.47 Å². The van der Waals surface area contributed by atoms with Crippen LogP contribution in [0.25, 0.3) is 6.08 Å². The van der Waals surface area contributed by atoms with Crippen molar-refractivity contribution in [3.05, 3.63) is 40.0 Å². The monoisotopic (exact) mass is 426 g/mol. The quantitative estimate of drug-likeness (QED) is 0.525. The van der Waals surface area contributed by atoms with E-state index >= 15 is 0 Å². The lowest BCUT2D eigenvalue weighted by atomic mass is 10.1. The minimum absolute atomic E-state index is 0.123. The van der Waals surface area contributed by atoms with Crippen LogP contribution in [0.3, 0.4) is 0 Å². The summed E-state index contributed by atoms with van der Waals surface area (Å²) in [6.07, 6.45) is 0.850. The van der Waals surface area contributed by atoms with E-state index in [4.69, 9.17) is 37.4 Å². The first-order chi connectivity index (χ1) is 13.2. The minimum Gasteiger partial charge on any atom is -0.477 e. The molecule has 0 aliphatic rings. The molecule has 0 amide bonds. The lowest BCUT2D eigenvalue weighted by molar-refractivity contribution is -0.153. The third kappa shape index (κ3) is 4.80. The van der Waals surface area contributed by atoms with Crippen molar-refractivity contribution in [2.45, 2.75) is 33.8 Å². The molecule has 0 aliphatic heterocycles. The maximum Gasteiger partial charge on any atom is 0.347 e. The molecule has 28 heavy (non-hydrogen) atoms. The summed E-state index contributed by atoms with van der Waals surface area (Å²) in [5.74, 6) is 0.489. The van der Waals surface area contributed by atoms with E-state index in [1.54, 1.807) is 30.8 Å². The van der Waals surface area contributed by atoms with Gasteiger partial charge in [-0.2, -0.15) is 5.10 Å². The Morgan fingerprint density at radius 3 is 2.50 bits per heavy atom. The van der Waals surface area contributed by atoms with E-state index in [0.29, 0.717) is 16.7 Å². The first-order valence-corrected chi connectivity index (χ1v) is 9.61. The Labute approximate surface area is 175 Å². The van der Waals surface area contributed by atoms with Gasteiger partial charge in [0.15, 0.2) is 11.9 Å². The fourth-order valence-corrected chi connectivity index (χ4v) is 3.08. The lowest BCUT2D eigenvalue weighted by Crippen LogP contribution is -2.34. The smallest absolute Gasteiger partial charge is 0.347 e. The van der Waals surface area contributed by atoms with E-state index in [-0.39, 0.29) is 23.3 Å². The molecular formula is C20H24Cl2N2O4. The van der Waals surface area contributed by atoms with Gasteiger partial charge < -0.3 is 14.2 Å². The van der Waals surface area contributed by atoms with Crippen LogP contribution in [0.5, 0.6) is 17.4 Å². The summed E-state index contributed by atoms with van der Waals surface area (Å²) in [5, 5.41) is 4.88. The van der Waals surface area contributed by atoms with Gasteiger partial charge in [-0.05, 0) is 19.9 Å². The van der Waals surface area contributed by atoms with Crippen LogP contribution in [-0.4, -0.2) is 28.5 Å². The van der Waals surface area contributed by atoms with Gasteiger partial charge in [-0.1, -0.05) is 49.7 Å². The Balaban J connectivity index is 2.39. The average Bonchev–Trinajstić information content (AvgIpc) is 2.88. The minimum atomic E-state index is -0.811.